The van der Waals surface area contributed by atoms with E-state index in [0.29, 0.717) is 35.6 Å². The van der Waals surface area contributed by atoms with Gasteiger partial charge < -0.3 is 10.5 Å². The van der Waals surface area contributed by atoms with Gasteiger partial charge in [-0.2, -0.15) is 5.26 Å². The monoisotopic (exact) mass is 619 g/mol. The Kier molecular flexibility index (Phi) is 7.26. The van der Waals surface area contributed by atoms with Gasteiger partial charge in [0.1, 0.15) is 24.0 Å². The molecule has 2 aliphatic rings. The van der Waals surface area contributed by atoms with Crippen LogP contribution in [-0.2, 0) is 11.4 Å². The lowest BCUT2D eigenvalue weighted by molar-refractivity contribution is -0.116. The highest BCUT2D eigenvalue weighted by Crippen LogP contribution is 2.47. The summed E-state index contributed by atoms with van der Waals surface area (Å²) in [7, 11) is 0. The number of nitriles is 1. The highest BCUT2D eigenvalue weighted by atomic mass is 127. The van der Waals surface area contributed by atoms with Crippen molar-refractivity contribution in [1.82, 2.24) is 0 Å². The van der Waals surface area contributed by atoms with Crippen LogP contribution in [0.1, 0.15) is 47.4 Å². The highest BCUT2D eigenvalue weighted by molar-refractivity contribution is 14.1. The Morgan fingerprint density at radius 1 is 1.11 bits per heavy atom. The molecule has 192 valence electrons. The number of Topliss-reactive ketones (excluding diaryl/α,β-unsaturated/α-hetero) is 1. The van der Waals surface area contributed by atoms with Crippen molar-refractivity contribution in [3.8, 4) is 11.8 Å². The number of ether oxygens (including phenoxy) is 1. The summed E-state index contributed by atoms with van der Waals surface area (Å²) in [5.41, 5.74) is 13.2. The SMILES string of the molecule is Cc1cc(COc2ccc(F)cc2)c(C)c(C2C(C#N)=C(N)N(c3ccc(I)cc3)C3=C2C(=O)CCC3)c1. The Labute approximate surface area is 235 Å². The zero-order valence-corrected chi connectivity index (χ0v) is 23.4. The minimum atomic E-state index is -0.549. The van der Waals surface area contributed by atoms with Gasteiger partial charge >= 0.3 is 0 Å². The Hall–Kier alpha value is -3.64. The number of anilines is 1. The molecule has 38 heavy (non-hydrogen) atoms. The zero-order chi connectivity index (χ0) is 27.0. The largest absolute Gasteiger partial charge is 0.489 e. The van der Waals surface area contributed by atoms with E-state index in [1.54, 1.807) is 12.1 Å². The number of nitrogens with zero attached hydrogens (tertiary/aromatic N) is 2. The number of halogens is 2. The lowest BCUT2D eigenvalue weighted by Gasteiger charge is -2.40. The van der Waals surface area contributed by atoms with Gasteiger partial charge in [-0.15, -0.1) is 0 Å². The van der Waals surface area contributed by atoms with Crippen molar-refractivity contribution in [2.75, 3.05) is 4.90 Å². The van der Waals surface area contributed by atoms with Crippen molar-refractivity contribution in [1.29, 1.82) is 5.26 Å². The third-order valence-corrected chi connectivity index (χ3v) is 7.94. The molecule has 0 amide bonds. The molecule has 2 N–H and O–H groups in total. The van der Waals surface area contributed by atoms with E-state index in [0.717, 1.165) is 43.6 Å². The van der Waals surface area contributed by atoms with Crippen molar-refractivity contribution in [3.63, 3.8) is 0 Å². The molecule has 5 rings (SSSR count). The topological polar surface area (TPSA) is 79.3 Å². The number of benzene rings is 3. The van der Waals surface area contributed by atoms with Crippen LogP contribution in [0, 0.1) is 34.6 Å². The fraction of sp³-hybridized carbons (Fsp3) is 0.226. The number of hydrogen-bond donors (Lipinski definition) is 1. The molecule has 3 aromatic rings. The van der Waals surface area contributed by atoms with Crippen molar-refractivity contribution < 1.29 is 13.9 Å². The van der Waals surface area contributed by atoms with E-state index in [1.807, 2.05) is 55.1 Å². The van der Waals surface area contributed by atoms with Crippen LogP contribution in [0.15, 0.2) is 83.3 Å². The molecule has 0 fully saturated rings. The minimum Gasteiger partial charge on any atom is -0.489 e. The molecule has 1 atom stereocenters. The molecule has 0 radical (unpaired) electrons. The smallest absolute Gasteiger partial charge is 0.161 e. The molecule has 0 bridgehead atoms. The highest BCUT2D eigenvalue weighted by Gasteiger charge is 2.41. The first kappa shape index (κ1) is 26.0. The summed E-state index contributed by atoms with van der Waals surface area (Å²) in [5.74, 6) is 0.105. The lowest BCUT2D eigenvalue weighted by Crippen LogP contribution is -2.39. The number of aryl methyl sites for hydroxylation is 1. The van der Waals surface area contributed by atoms with Gasteiger partial charge in [-0.25, -0.2) is 4.39 Å². The maximum atomic E-state index is 13.5. The molecule has 0 saturated carbocycles. The van der Waals surface area contributed by atoms with Gasteiger partial charge in [0, 0.05) is 26.9 Å². The molecule has 7 heteroatoms. The summed E-state index contributed by atoms with van der Waals surface area (Å²) < 4.78 is 20.4. The number of carbonyl (C=O) groups excluding carboxylic acids is 1. The molecular weight excluding hydrogens is 592 g/mol. The van der Waals surface area contributed by atoms with E-state index in [9.17, 15) is 14.4 Å². The fourth-order valence-electron chi connectivity index (χ4n) is 5.39. The Morgan fingerprint density at radius 3 is 2.50 bits per heavy atom. The molecular formula is C31H27FIN3O2. The van der Waals surface area contributed by atoms with E-state index in [4.69, 9.17) is 10.5 Å². The van der Waals surface area contributed by atoms with Crippen LogP contribution in [0.3, 0.4) is 0 Å². The van der Waals surface area contributed by atoms with Crippen LogP contribution < -0.4 is 15.4 Å². The van der Waals surface area contributed by atoms with E-state index in [1.165, 1.54) is 12.1 Å². The number of allylic oxidation sites excluding steroid dienone is 3. The standard InChI is InChI=1S/C31H27FIN3O2/c1-18-14-20(17-38-24-12-6-21(32)7-13-24)19(2)25(15-18)29-26(16-34)31(35)36(23-10-8-22(33)9-11-23)27-4-3-5-28(37)30(27)29/h6-15,29H,3-5,17,35H2,1-2H3. The van der Waals surface area contributed by atoms with Gasteiger partial charge in [0.15, 0.2) is 5.78 Å². The average molecular weight is 619 g/mol. The number of carbonyl (C=O) groups is 1. The van der Waals surface area contributed by atoms with Crippen LogP contribution in [-0.4, -0.2) is 5.78 Å². The first-order valence-electron chi connectivity index (χ1n) is 12.5. The van der Waals surface area contributed by atoms with Gasteiger partial charge in [-0.3, -0.25) is 9.69 Å². The average Bonchev–Trinajstić information content (AvgIpc) is 2.90. The van der Waals surface area contributed by atoms with E-state index >= 15 is 0 Å². The van der Waals surface area contributed by atoms with Crippen molar-refractivity contribution in [2.45, 2.75) is 45.6 Å². The summed E-state index contributed by atoms with van der Waals surface area (Å²) >= 11 is 2.25. The van der Waals surface area contributed by atoms with Crippen LogP contribution in [0.4, 0.5) is 10.1 Å². The first-order valence-corrected chi connectivity index (χ1v) is 13.6. The van der Waals surface area contributed by atoms with Crippen LogP contribution in [0.25, 0.3) is 0 Å². The maximum absolute atomic E-state index is 13.5. The lowest BCUT2D eigenvalue weighted by atomic mass is 9.73. The van der Waals surface area contributed by atoms with Crippen molar-refractivity contribution in [3.05, 3.63) is 115 Å². The van der Waals surface area contributed by atoms with Gasteiger partial charge in [-0.1, -0.05) is 17.7 Å². The minimum absolute atomic E-state index is 0.0528. The number of rotatable bonds is 5. The van der Waals surface area contributed by atoms with E-state index in [2.05, 4.69) is 28.7 Å². The number of ketones is 1. The predicted octanol–water partition coefficient (Wildman–Crippen LogP) is 6.93. The van der Waals surface area contributed by atoms with E-state index in [-0.39, 0.29) is 18.2 Å². The van der Waals surface area contributed by atoms with Gasteiger partial charge in [0.25, 0.3) is 0 Å². The summed E-state index contributed by atoms with van der Waals surface area (Å²) in [6.45, 7) is 4.25. The predicted molar refractivity (Wildman–Crippen MR) is 154 cm³/mol. The molecule has 0 aromatic heterocycles. The zero-order valence-electron chi connectivity index (χ0n) is 21.2. The van der Waals surface area contributed by atoms with Gasteiger partial charge in [-0.05, 0) is 115 Å². The summed E-state index contributed by atoms with van der Waals surface area (Å²) in [6.07, 6.45) is 1.89. The molecule has 5 nitrogen and oxygen atoms in total. The fourth-order valence-corrected chi connectivity index (χ4v) is 5.75. The van der Waals surface area contributed by atoms with Gasteiger partial charge in [0.05, 0.1) is 17.6 Å². The van der Waals surface area contributed by atoms with Gasteiger partial charge in [0.2, 0.25) is 0 Å². The number of nitrogens with two attached hydrogens (primary N) is 1. The first-order chi connectivity index (χ1) is 18.3. The normalized spacial score (nSPS) is 17.4. The summed E-state index contributed by atoms with van der Waals surface area (Å²) in [6, 6.07) is 20.3. The molecule has 1 heterocycles. The second-order valence-electron chi connectivity index (χ2n) is 9.67. The second kappa shape index (κ2) is 10.6. The molecule has 0 spiro atoms. The Bertz CT molecular complexity index is 1520. The van der Waals surface area contributed by atoms with E-state index < -0.39 is 5.92 Å². The molecule has 1 aliphatic carbocycles. The second-order valence-corrected chi connectivity index (χ2v) is 10.9. The Morgan fingerprint density at radius 2 is 1.82 bits per heavy atom. The maximum Gasteiger partial charge on any atom is 0.161 e. The third kappa shape index (κ3) is 4.81. The summed E-state index contributed by atoms with van der Waals surface area (Å²) in [5, 5.41) is 10.4. The van der Waals surface area contributed by atoms with Crippen LogP contribution in [0.5, 0.6) is 5.75 Å². The molecule has 0 saturated heterocycles. The molecule has 1 aliphatic heterocycles. The molecule has 3 aromatic carbocycles. The van der Waals surface area contributed by atoms with Crippen molar-refractivity contribution >= 4 is 34.1 Å². The van der Waals surface area contributed by atoms with Crippen LogP contribution >= 0.6 is 22.6 Å². The van der Waals surface area contributed by atoms with Crippen molar-refractivity contribution in [2.24, 2.45) is 5.73 Å². The number of hydrogen-bond acceptors (Lipinski definition) is 5. The Balaban J connectivity index is 1.62. The summed E-state index contributed by atoms with van der Waals surface area (Å²) in [4.78, 5) is 15.4. The molecule has 1 unspecified atom stereocenters. The quantitative estimate of drug-likeness (QED) is 0.314. The third-order valence-electron chi connectivity index (χ3n) is 7.22. The van der Waals surface area contributed by atoms with Crippen LogP contribution in [0.2, 0.25) is 0 Å².